The van der Waals surface area contributed by atoms with Gasteiger partial charge in [0.25, 0.3) is 0 Å². The smallest absolute Gasteiger partial charge is 0.303 e. The summed E-state index contributed by atoms with van der Waals surface area (Å²) in [5.41, 5.74) is 0. The van der Waals surface area contributed by atoms with Gasteiger partial charge in [-0.1, -0.05) is 25.7 Å². The molecule has 0 amide bonds. The summed E-state index contributed by atoms with van der Waals surface area (Å²) in [6.07, 6.45) is -0.303. The van der Waals surface area contributed by atoms with Gasteiger partial charge in [0.15, 0.2) is 6.10 Å². The van der Waals surface area contributed by atoms with Crippen molar-refractivity contribution in [3.05, 3.63) is 0 Å². The average Bonchev–Trinajstić information content (AvgIpc) is 2.11. The highest BCUT2D eigenvalue weighted by Crippen LogP contribution is 1.89. The van der Waals surface area contributed by atoms with Crippen LogP contribution in [0.15, 0.2) is 0 Å². The van der Waals surface area contributed by atoms with Crippen LogP contribution in [-0.4, -0.2) is 36.6 Å². The van der Waals surface area contributed by atoms with Crippen LogP contribution < -0.4 is 0 Å². The molecule has 80 valence electrons. The van der Waals surface area contributed by atoms with Crippen LogP contribution in [0.3, 0.4) is 0 Å². The van der Waals surface area contributed by atoms with Gasteiger partial charge in [-0.2, -0.15) is 0 Å². The van der Waals surface area contributed by atoms with Crippen LogP contribution in [-0.2, 0) is 9.53 Å². The van der Waals surface area contributed by atoms with E-state index in [1.54, 1.807) is 6.92 Å². The molecule has 14 heavy (non-hydrogen) atoms. The van der Waals surface area contributed by atoms with Gasteiger partial charge in [0, 0.05) is 6.92 Å². The number of carbonyl (C=O) groups excluding carboxylic acids is 1. The summed E-state index contributed by atoms with van der Waals surface area (Å²) < 4.78 is 4.87. The number of rotatable bonds is 4. The van der Waals surface area contributed by atoms with E-state index in [9.17, 15) is 4.79 Å². The molecule has 0 saturated carbocycles. The molecule has 0 heterocycles. The van der Waals surface area contributed by atoms with Crippen molar-refractivity contribution in [3.63, 3.8) is 0 Å². The standard InChI is InChI=1S/C11H19NO2/c1-5-12(6-2)9-7-8-10(3)14-11(4)13/h10H,5-6,9H2,1-4H3/t10-/m1/s1. The highest BCUT2D eigenvalue weighted by atomic mass is 16.5. The van der Waals surface area contributed by atoms with Gasteiger partial charge in [0.2, 0.25) is 0 Å². The summed E-state index contributed by atoms with van der Waals surface area (Å²) in [6.45, 7) is 10.1. The molecule has 0 bridgehead atoms. The van der Waals surface area contributed by atoms with E-state index in [-0.39, 0.29) is 12.1 Å². The quantitative estimate of drug-likeness (QED) is 0.502. The molecule has 0 spiro atoms. The van der Waals surface area contributed by atoms with Crippen LogP contribution in [0.2, 0.25) is 0 Å². The molecule has 0 aliphatic heterocycles. The lowest BCUT2D eigenvalue weighted by atomic mass is 10.4. The molecule has 0 fully saturated rings. The molecule has 0 aromatic carbocycles. The summed E-state index contributed by atoms with van der Waals surface area (Å²) >= 11 is 0. The van der Waals surface area contributed by atoms with E-state index >= 15 is 0 Å². The van der Waals surface area contributed by atoms with Crippen molar-refractivity contribution in [2.45, 2.75) is 33.8 Å². The molecule has 0 aromatic rings. The Kier molecular flexibility index (Phi) is 6.87. The summed E-state index contributed by atoms with van der Waals surface area (Å²) in [4.78, 5) is 12.8. The van der Waals surface area contributed by atoms with Gasteiger partial charge >= 0.3 is 5.97 Å². The maximum Gasteiger partial charge on any atom is 0.303 e. The van der Waals surface area contributed by atoms with E-state index in [1.165, 1.54) is 6.92 Å². The third kappa shape index (κ3) is 6.50. The number of esters is 1. The minimum atomic E-state index is -0.303. The second kappa shape index (κ2) is 7.40. The average molecular weight is 197 g/mol. The minimum absolute atomic E-state index is 0.283. The van der Waals surface area contributed by atoms with Crippen molar-refractivity contribution in [2.24, 2.45) is 0 Å². The molecule has 1 atom stereocenters. The van der Waals surface area contributed by atoms with Crippen LogP contribution in [0.1, 0.15) is 27.7 Å². The van der Waals surface area contributed by atoms with E-state index < -0.39 is 0 Å². The Labute approximate surface area is 86.4 Å². The Balaban J connectivity index is 3.85. The first-order valence-electron chi connectivity index (χ1n) is 4.98. The molecular weight excluding hydrogens is 178 g/mol. The maximum atomic E-state index is 10.6. The van der Waals surface area contributed by atoms with Crippen molar-refractivity contribution in [3.8, 4) is 11.8 Å². The molecule has 0 saturated heterocycles. The minimum Gasteiger partial charge on any atom is -0.450 e. The topological polar surface area (TPSA) is 29.5 Å². The number of nitrogens with zero attached hydrogens (tertiary/aromatic N) is 1. The molecule has 0 rings (SSSR count). The fourth-order valence-electron chi connectivity index (χ4n) is 1.03. The second-order valence-corrected chi connectivity index (χ2v) is 3.03. The van der Waals surface area contributed by atoms with Gasteiger partial charge in [0.1, 0.15) is 0 Å². The third-order valence-electron chi connectivity index (χ3n) is 1.85. The highest BCUT2D eigenvalue weighted by molar-refractivity contribution is 5.66. The molecular formula is C11H19NO2. The van der Waals surface area contributed by atoms with Gasteiger partial charge in [-0.3, -0.25) is 9.69 Å². The first-order chi connectivity index (χ1) is 6.60. The Morgan fingerprint density at radius 1 is 1.43 bits per heavy atom. The Morgan fingerprint density at radius 3 is 2.43 bits per heavy atom. The van der Waals surface area contributed by atoms with E-state index in [0.29, 0.717) is 0 Å². The van der Waals surface area contributed by atoms with Crippen LogP contribution in [0, 0.1) is 11.8 Å². The first-order valence-corrected chi connectivity index (χ1v) is 4.98. The lowest BCUT2D eigenvalue weighted by molar-refractivity contribution is -0.143. The normalized spacial score (nSPS) is 11.8. The first kappa shape index (κ1) is 13.0. The molecule has 3 nitrogen and oxygen atoms in total. The fraction of sp³-hybridized carbons (Fsp3) is 0.727. The van der Waals surface area contributed by atoms with Gasteiger partial charge in [-0.15, -0.1) is 0 Å². The fourth-order valence-corrected chi connectivity index (χ4v) is 1.03. The predicted molar refractivity (Wildman–Crippen MR) is 56.8 cm³/mol. The molecule has 0 radical (unpaired) electrons. The predicted octanol–water partition coefficient (Wildman–Crippen LogP) is 1.28. The molecule has 0 aromatic heterocycles. The Morgan fingerprint density at radius 2 is 2.00 bits per heavy atom. The van der Waals surface area contributed by atoms with Crippen molar-refractivity contribution in [2.75, 3.05) is 19.6 Å². The molecule has 0 unspecified atom stereocenters. The van der Waals surface area contributed by atoms with Crippen molar-refractivity contribution in [1.29, 1.82) is 0 Å². The summed E-state index contributed by atoms with van der Waals surface area (Å²) in [5, 5.41) is 0. The van der Waals surface area contributed by atoms with Crippen molar-refractivity contribution < 1.29 is 9.53 Å². The summed E-state index contributed by atoms with van der Waals surface area (Å²) in [7, 11) is 0. The molecule has 0 aliphatic carbocycles. The zero-order valence-corrected chi connectivity index (χ0v) is 9.46. The zero-order chi connectivity index (χ0) is 11.0. The third-order valence-corrected chi connectivity index (χ3v) is 1.85. The summed E-state index contributed by atoms with van der Waals surface area (Å²) in [6, 6.07) is 0. The monoisotopic (exact) mass is 197 g/mol. The SMILES string of the molecule is CCN(CC)CC#C[C@@H](C)OC(C)=O. The Hall–Kier alpha value is -1.01. The lowest BCUT2D eigenvalue weighted by Gasteiger charge is -2.13. The van der Waals surface area contributed by atoms with Gasteiger partial charge in [-0.05, 0) is 20.0 Å². The lowest BCUT2D eigenvalue weighted by Crippen LogP contribution is -2.23. The molecule has 0 aliphatic rings. The number of hydrogen-bond acceptors (Lipinski definition) is 3. The van der Waals surface area contributed by atoms with Crippen molar-refractivity contribution in [1.82, 2.24) is 4.90 Å². The van der Waals surface area contributed by atoms with E-state index in [4.69, 9.17) is 4.74 Å². The van der Waals surface area contributed by atoms with Gasteiger partial charge < -0.3 is 4.74 Å². The number of hydrogen-bond donors (Lipinski definition) is 0. The second-order valence-electron chi connectivity index (χ2n) is 3.03. The number of carbonyl (C=O) groups is 1. The van der Waals surface area contributed by atoms with Crippen LogP contribution >= 0.6 is 0 Å². The maximum absolute atomic E-state index is 10.6. The van der Waals surface area contributed by atoms with E-state index in [0.717, 1.165) is 19.6 Å². The van der Waals surface area contributed by atoms with Gasteiger partial charge in [0.05, 0.1) is 6.54 Å². The van der Waals surface area contributed by atoms with E-state index in [1.807, 2.05) is 0 Å². The molecule has 3 heteroatoms. The van der Waals surface area contributed by atoms with Crippen LogP contribution in [0.25, 0.3) is 0 Å². The molecule has 0 N–H and O–H groups in total. The van der Waals surface area contributed by atoms with E-state index in [2.05, 4.69) is 30.6 Å². The highest BCUT2D eigenvalue weighted by Gasteiger charge is 1.99. The Bertz CT molecular complexity index is 223. The van der Waals surface area contributed by atoms with Crippen molar-refractivity contribution >= 4 is 5.97 Å². The zero-order valence-electron chi connectivity index (χ0n) is 9.46. The van der Waals surface area contributed by atoms with Crippen LogP contribution in [0.5, 0.6) is 0 Å². The number of ether oxygens (including phenoxy) is 1. The summed E-state index contributed by atoms with van der Waals surface area (Å²) in [5.74, 6) is 5.59. The van der Waals surface area contributed by atoms with Gasteiger partial charge in [-0.25, -0.2) is 0 Å². The largest absolute Gasteiger partial charge is 0.450 e. The van der Waals surface area contributed by atoms with Crippen LogP contribution in [0.4, 0.5) is 0 Å².